The highest BCUT2D eigenvalue weighted by Gasteiger charge is 2.19. The zero-order chi connectivity index (χ0) is 15.4. The summed E-state index contributed by atoms with van der Waals surface area (Å²) < 4.78 is 5.38. The monoisotopic (exact) mass is 289 g/mol. The van der Waals surface area contributed by atoms with Gasteiger partial charge in [-0.1, -0.05) is 60.7 Å². The molecular formula is C20H19NO. The van der Waals surface area contributed by atoms with Gasteiger partial charge in [0.25, 0.3) is 0 Å². The number of ether oxygens (including phenoxy) is 1. The van der Waals surface area contributed by atoms with Crippen LogP contribution in [0.2, 0.25) is 0 Å². The molecule has 0 saturated carbocycles. The minimum Gasteiger partial charge on any atom is -0.497 e. The van der Waals surface area contributed by atoms with E-state index in [4.69, 9.17) is 10.5 Å². The van der Waals surface area contributed by atoms with E-state index in [2.05, 4.69) is 48.5 Å². The Hall–Kier alpha value is -2.74. The topological polar surface area (TPSA) is 35.2 Å². The first-order chi connectivity index (χ1) is 10.8. The van der Waals surface area contributed by atoms with Crippen molar-refractivity contribution in [3.63, 3.8) is 0 Å². The van der Waals surface area contributed by atoms with Crippen molar-refractivity contribution in [1.29, 1.82) is 0 Å². The Bertz CT molecular complexity index is 699. The van der Waals surface area contributed by atoms with Crippen LogP contribution in [0.15, 0.2) is 78.9 Å². The standard InChI is InChI=1S/C20H19NO/c1-22-17-12-13-19(21)18(14-17)20(15-8-4-2-5-9-15)16-10-6-3-7-11-16/h2-14,20H,21H2,1H3. The second-order valence-electron chi connectivity index (χ2n) is 5.25. The van der Waals surface area contributed by atoms with E-state index in [0.29, 0.717) is 0 Å². The van der Waals surface area contributed by atoms with E-state index in [9.17, 15) is 0 Å². The third-order valence-electron chi connectivity index (χ3n) is 3.87. The number of nitrogen functional groups attached to an aromatic ring is 1. The molecule has 3 aromatic carbocycles. The molecule has 2 N–H and O–H groups in total. The number of nitrogens with two attached hydrogens (primary N) is 1. The van der Waals surface area contributed by atoms with Gasteiger partial charge in [-0.05, 0) is 34.9 Å². The van der Waals surface area contributed by atoms with Gasteiger partial charge in [-0.2, -0.15) is 0 Å². The molecule has 0 amide bonds. The number of methoxy groups -OCH3 is 1. The fourth-order valence-electron chi connectivity index (χ4n) is 2.77. The van der Waals surface area contributed by atoms with Gasteiger partial charge >= 0.3 is 0 Å². The van der Waals surface area contributed by atoms with Gasteiger partial charge in [0, 0.05) is 11.6 Å². The van der Waals surface area contributed by atoms with Gasteiger partial charge in [0.2, 0.25) is 0 Å². The molecule has 3 aromatic rings. The number of benzene rings is 3. The molecule has 2 heteroatoms. The molecule has 0 fully saturated rings. The van der Waals surface area contributed by atoms with Crippen molar-refractivity contribution < 1.29 is 4.74 Å². The predicted molar refractivity (Wildman–Crippen MR) is 91.2 cm³/mol. The number of rotatable bonds is 4. The molecule has 22 heavy (non-hydrogen) atoms. The van der Waals surface area contributed by atoms with Crippen LogP contribution in [0.1, 0.15) is 22.6 Å². The van der Waals surface area contributed by atoms with Crippen LogP contribution in [0.25, 0.3) is 0 Å². The Morgan fingerprint density at radius 1 is 0.773 bits per heavy atom. The summed E-state index contributed by atoms with van der Waals surface area (Å²) in [4.78, 5) is 0. The molecule has 0 aliphatic heterocycles. The first-order valence-electron chi connectivity index (χ1n) is 7.33. The molecule has 0 heterocycles. The lowest BCUT2D eigenvalue weighted by Gasteiger charge is -2.21. The van der Waals surface area contributed by atoms with E-state index >= 15 is 0 Å². The van der Waals surface area contributed by atoms with Crippen molar-refractivity contribution in [3.05, 3.63) is 95.6 Å². The van der Waals surface area contributed by atoms with Crippen molar-refractivity contribution >= 4 is 5.69 Å². The number of hydrogen-bond donors (Lipinski definition) is 1. The molecule has 0 bridgehead atoms. The maximum Gasteiger partial charge on any atom is 0.119 e. The van der Waals surface area contributed by atoms with Crippen molar-refractivity contribution in [3.8, 4) is 5.75 Å². The van der Waals surface area contributed by atoms with Crippen molar-refractivity contribution in [2.75, 3.05) is 12.8 Å². The van der Waals surface area contributed by atoms with Crippen LogP contribution >= 0.6 is 0 Å². The molecule has 0 aliphatic carbocycles. The van der Waals surface area contributed by atoms with Crippen LogP contribution < -0.4 is 10.5 Å². The average Bonchev–Trinajstić information content (AvgIpc) is 2.59. The van der Waals surface area contributed by atoms with Crippen molar-refractivity contribution in [2.24, 2.45) is 0 Å². The fraction of sp³-hybridized carbons (Fsp3) is 0.100. The van der Waals surface area contributed by atoms with E-state index < -0.39 is 0 Å². The molecule has 0 radical (unpaired) electrons. The van der Waals surface area contributed by atoms with Crippen LogP contribution in [-0.2, 0) is 0 Å². The summed E-state index contributed by atoms with van der Waals surface area (Å²) in [5.74, 6) is 0.915. The van der Waals surface area contributed by atoms with Crippen molar-refractivity contribution in [2.45, 2.75) is 5.92 Å². The van der Waals surface area contributed by atoms with Gasteiger partial charge in [0.1, 0.15) is 5.75 Å². The van der Waals surface area contributed by atoms with E-state index in [1.165, 1.54) is 11.1 Å². The summed E-state index contributed by atoms with van der Waals surface area (Å²) in [6.07, 6.45) is 0. The first-order valence-corrected chi connectivity index (χ1v) is 7.33. The Kier molecular flexibility index (Phi) is 4.10. The van der Waals surface area contributed by atoms with Gasteiger partial charge in [0.15, 0.2) is 0 Å². The lowest BCUT2D eigenvalue weighted by Crippen LogP contribution is -2.07. The van der Waals surface area contributed by atoms with Gasteiger partial charge in [-0.3, -0.25) is 0 Å². The first kappa shape index (κ1) is 14.2. The molecule has 0 aliphatic rings. The Morgan fingerprint density at radius 3 is 1.82 bits per heavy atom. The largest absolute Gasteiger partial charge is 0.497 e. The SMILES string of the molecule is COc1ccc(N)c(C(c2ccccc2)c2ccccc2)c1. The molecule has 0 spiro atoms. The third-order valence-corrected chi connectivity index (χ3v) is 3.87. The molecular weight excluding hydrogens is 270 g/mol. The summed E-state index contributed by atoms with van der Waals surface area (Å²) in [5.41, 5.74) is 10.5. The lowest BCUT2D eigenvalue weighted by atomic mass is 9.84. The summed E-state index contributed by atoms with van der Waals surface area (Å²) in [6, 6.07) is 26.7. The minimum atomic E-state index is 0.0949. The second-order valence-corrected chi connectivity index (χ2v) is 5.25. The second kappa shape index (κ2) is 6.35. The fourth-order valence-corrected chi connectivity index (χ4v) is 2.77. The maximum absolute atomic E-state index is 6.26. The van der Waals surface area contributed by atoms with Crippen LogP contribution in [0.3, 0.4) is 0 Å². The van der Waals surface area contributed by atoms with E-state index in [0.717, 1.165) is 17.0 Å². The summed E-state index contributed by atoms with van der Waals surface area (Å²) in [5, 5.41) is 0. The normalized spacial score (nSPS) is 10.6. The van der Waals surface area contributed by atoms with E-state index in [-0.39, 0.29) is 5.92 Å². The van der Waals surface area contributed by atoms with Crippen LogP contribution in [-0.4, -0.2) is 7.11 Å². The third kappa shape index (κ3) is 2.82. The van der Waals surface area contributed by atoms with Crippen LogP contribution in [0, 0.1) is 0 Å². The smallest absolute Gasteiger partial charge is 0.119 e. The van der Waals surface area contributed by atoms with Crippen LogP contribution in [0.5, 0.6) is 5.75 Å². The van der Waals surface area contributed by atoms with Gasteiger partial charge in [0.05, 0.1) is 7.11 Å². The molecule has 0 atom stereocenters. The molecule has 0 aromatic heterocycles. The quantitative estimate of drug-likeness (QED) is 0.568. The van der Waals surface area contributed by atoms with Gasteiger partial charge in [-0.25, -0.2) is 0 Å². The molecule has 3 rings (SSSR count). The maximum atomic E-state index is 6.26. The summed E-state index contributed by atoms with van der Waals surface area (Å²) in [7, 11) is 1.68. The highest BCUT2D eigenvalue weighted by Crippen LogP contribution is 2.36. The Morgan fingerprint density at radius 2 is 1.32 bits per heavy atom. The highest BCUT2D eigenvalue weighted by atomic mass is 16.5. The summed E-state index contributed by atoms with van der Waals surface area (Å²) >= 11 is 0. The molecule has 0 unspecified atom stereocenters. The van der Waals surface area contributed by atoms with Crippen molar-refractivity contribution in [1.82, 2.24) is 0 Å². The van der Waals surface area contributed by atoms with Crippen LogP contribution in [0.4, 0.5) is 5.69 Å². The average molecular weight is 289 g/mol. The summed E-state index contributed by atoms with van der Waals surface area (Å²) in [6.45, 7) is 0. The molecule has 0 saturated heterocycles. The lowest BCUT2D eigenvalue weighted by molar-refractivity contribution is 0.414. The Labute approximate surface area is 131 Å². The zero-order valence-electron chi connectivity index (χ0n) is 12.6. The van der Waals surface area contributed by atoms with E-state index in [1.807, 2.05) is 30.3 Å². The molecule has 110 valence electrons. The molecule has 2 nitrogen and oxygen atoms in total. The predicted octanol–water partition coefficient (Wildman–Crippen LogP) is 4.46. The number of hydrogen-bond acceptors (Lipinski definition) is 2. The van der Waals surface area contributed by atoms with Gasteiger partial charge < -0.3 is 10.5 Å². The Balaban J connectivity index is 2.18. The minimum absolute atomic E-state index is 0.0949. The van der Waals surface area contributed by atoms with Gasteiger partial charge in [-0.15, -0.1) is 0 Å². The highest BCUT2D eigenvalue weighted by molar-refractivity contribution is 5.58. The zero-order valence-corrected chi connectivity index (χ0v) is 12.6. The number of anilines is 1. The van der Waals surface area contributed by atoms with E-state index in [1.54, 1.807) is 7.11 Å².